The number of benzene rings is 1. The van der Waals surface area contributed by atoms with Crippen LogP contribution in [0.25, 0.3) is 0 Å². The summed E-state index contributed by atoms with van der Waals surface area (Å²) in [6.45, 7) is -0.624. The van der Waals surface area contributed by atoms with Crippen molar-refractivity contribution < 1.29 is 31.5 Å². The number of carbonyl (C=O) groups excluding carboxylic acids is 2. The molecule has 26 heavy (non-hydrogen) atoms. The molecule has 10 heteroatoms. The van der Waals surface area contributed by atoms with E-state index < -0.39 is 46.0 Å². The molecule has 1 amide bonds. The molecule has 0 spiro atoms. The van der Waals surface area contributed by atoms with Crippen LogP contribution in [0.4, 0.5) is 8.78 Å². The number of nitrogens with zero attached hydrogens (tertiary/aromatic N) is 1. The van der Waals surface area contributed by atoms with Crippen molar-refractivity contribution in [3.05, 3.63) is 34.4 Å². The van der Waals surface area contributed by atoms with Gasteiger partial charge in [-0.15, -0.1) is 0 Å². The molecule has 1 aromatic rings. The van der Waals surface area contributed by atoms with E-state index in [2.05, 4.69) is 0 Å². The highest BCUT2D eigenvalue weighted by atomic mass is 35.5. The van der Waals surface area contributed by atoms with E-state index in [1.54, 1.807) is 0 Å². The number of carbonyl (C=O) groups is 2. The molecule has 3 rings (SSSR count). The summed E-state index contributed by atoms with van der Waals surface area (Å²) in [6, 6.07) is 0.777. The summed E-state index contributed by atoms with van der Waals surface area (Å²) >= 11 is 5.70. The van der Waals surface area contributed by atoms with Crippen LogP contribution in [0, 0.1) is 11.6 Å². The van der Waals surface area contributed by atoms with Crippen molar-refractivity contribution >= 4 is 33.3 Å². The van der Waals surface area contributed by atoms with Crippen LogP contribution < -0.4 is 0 Å². The lowest BCUT2D eigenvalue weighted by Gasteiger charge is -2.28. The molecule has 6 nitrogen and oxygen atoms in total. The molecule has 1 aromatic carbocycles. The zero-order valence-electron chi connectivity index (χ0n) is 13.6. The van der Waals surface area contributed by atoms with Gasteiger partial charge in [-0.2, -0.15) is 0 Å². The molecule has 1 saturated heterocycles. The highest BCUT2D eigenvalue weighted by Gasteiger charge is 2.42. The molecular formula is C16H16ClF2NO5S. The Morgan fingerprint density at radius 1 is 1.15 bits per heavy atom. The second kappa shape index (κ2) is 7.11. The molecule has 0 N–H and O–H groups in total. The average molecular weight is 408 g/mol. The molecule has 0 bridgehead atoms. The minimum atomic E-state index is -3.16. The van der Waals surface area contributed by atoms with Crippen molar-refractivity contribution in [1.82, 2.24) is 4.90 Å². The minimum Gasteiger partial charge on any atom is -0.452 e. The number of ether oxygens (including phenoxy) is 1. The fraction of sp³-hybridized carbons (Fsp3) is 0.500. The molecule has 1 aliphatic carbocycles. The lowest BCUT2D eigenvalue weighted by Crippen LogP contribution is -2.44. The summed E-state index contributed by atoms with van der Waals surface area (Å²) in [4.78, 5) is 25.9. The van der Waals surface area contributed by atoms with Crippen molar-refractivity contribution in [3.63, 3.8) is 0 Å². The quantitative estimate of drug-likeness (QED) is 0.550. The van der Waals surface area contributed by atoms with E-state index in [4.69, 9.17) is 16.3 Å². The molecule has 2 fully saturated rings. The standard InChI is InChI=1S/C16H16ClF2NO5S/c17-12-6-14(19)13(18)5-11(12)16(22)25-7-15(21)20(9-1-2-9)10-3-4-26(23,24)8-10/h5-6,9-10H,1-4,7-8H2/t10-/m0/s1. The van der Waals surface area contributed by atoms with Gasteiger partial charge in [0.05, 0.1) is 22.1 Å². The third-order valence-corrected chi connectivity index (χ3v) is 6.45. The van der Waals surface area contributed by atoms with Crippen LogP contribution in [-0.4, -0.2) is 55.4 Å². The van der Waals surface area contributed by atoms with Crippen LogP contribution in [0.3, 0.4) is 0 Å². The average Bonchev–Trinajstić information content (AvgIpc) is 3.32. The molecule has 0 unspecified atom stereocenters. The second-order valence-electron chi connectivity index (χ2n) is 6.41. The summed E-state index contributed by atoms with van der Waals surface area (Å²) < 4.78 is 54.5. The highest BCUT2D eigenvalue weighted by molar-refractivity contribution is 7.91. The van der Waals surface area contributed by atoms with Crippen molar-refractivity contribution in [2.24, 2.45) is 0 Å². The van der Waals surface area contributed by atoms with Gasteiger partial charge >= 0.3 is 5.97 Å². The van der Waals surface area contributed by atoms with Gasteiger partial charge in [-0.3, -0.25) is 4.79 Å². The van der Waals surface area contributed by atoms with Crippen molar-refractivity contribution in [2.45, 2.75) is 31.3 Å². The molecule has 1 aliphatic heterocycles. The van der Waals surface area contributed by atoms with Crippen molar-refractivity contribution in [1.29, 1.82) is 0 Å². The Hall–Kier alpha value is -1.74. The molecule has 0 aromatic heterocycles. The van der Waals surface area contributed by atoms with Gasteiger partial charge in [0.1, 0.15) is 0 Å². The summed E-state index contributed by atoms with van der Waals surface area (Å²) in [5, 5.41) is -0.331. The second-order valence-corrected chi connectivity index (χ2v) is 9.05. The fourth-order valence-corrected chi connectivity index (χ4v) is 4.95. The number of hydrogen-bond acceptors (Lipinski definition) is 5. The summed E-state index contributed by atoms with van der Waals surface area (Å²) in [5.74, 6) is -4.11. The Kier molecular flexibility index (Phi) is 5.21. The zero-order chi connectivity index (χ0) is 19.1. The first-order valence-corrected chi connectivity index (χ1v) is 10.2. The van der Waals surface area contributed by atoms with E-state index in [0.717, 1.165) is 12.8 Å². The number of halogens is 3. The SMILES string of the molecule is O=C(OCC(=O)N(C1CC1)[C@H]1CCS(=O)(=O)C1)c1cc(F)c(F)cc1Cl. The van der Waals surface area contributed by atoms with E-state index in [1.165, 1.54) is 4.90 Å². The number of rotatable bonds is 5. The summed E-state index contributed by atoms with van der Waals surface area (Å²) in [6.07, 6.45) is 1.89. The van der Waals surface area contributed by atoms with Crippen LogP contribution in [0.2, 0.25) is 5.02 Å². The van der Waals surface area contributed by atoms with Gasteiger partial charge in [-0.05, 0) is 31.4 Å². The van der Waals surface area contributed by atoms with Gasteiger partial charge in [0.2, 0.25) is 0 Å². The molecule has 142 valence electrons. The van der Waals surface area contributed by atoms with E-state index >= 15 is 0 Å². The number of esters is 1. The number of hydrogen-bond donors (Lipinski definition) is 0. The van der Waals surface area contributed by atoms with Gasteiger partial charge in [-0.25, -0.2) is 22.0 Å². The summed E-state index contributed by atoms with van der Waals surface area (Å²) in [5.41, 5.74) is -0.389. The number of amides is 1. The van der Waals surface area contributed by atoms with Gasteiger partial charge < -0.3 is 9.64 Å². The largest absolute Gasteiger partial charge is 0.452 e. The summed E-state index contributed by atoms with van der Waals surface area (Å²) in [7, 11) is -3.16. The van der Waals surface area contributed by atoms with Crippen LogP contribution in [0.5, 0.6) is 0 Å². The Morgan fingerprint density at radius 3 is 2.38 bits per heavy atom. The predicted molar refractivity (Wildman–Crippen MR) is 88.6 cm³/mol. The Bertz CT molecular complexity index is 856. The fourth-order valence-electron chi connectivity index (χ4n) is 3.01. The van der Waals surface area contributed by atoms with Crippen LogP contribution in [0.1, 0.15) is 29.6 Å². The lowest BCUT2D eigenvalue weighted by molar-refractivity contribution is -0.137. The van der Waals surface area contributed by atoms with Crippen LogP contribution >= 0.6 is 11.6 Å². The molecule has 1 atom stereocenters. The number of sulfone groups is 1. The van der Waals surface area contributed by atoms with Crippen molar-refractivity contribution in [3.8, 4) is 0 Å². The Labute approximate surface area is 154 Å². The van der Waals surface area contributed by atoms with Crippen molar-refractivity contribution in [2.75, 3.05) is 18.1 Å². The van der Waals surface area contributed by atoms with E-state index in [1.807, 2.05) is 0 Å². The maximum atomic E-state index is 13.3. The minimum absolute atomic E-state index is 0.0262. The first kappa shape index (κ1) is 19.0. The maximum Gasteiger partial charge on any atom is 0.340 e. The molecular weight excluding hydrogens is 392 g/mol. The molecule has 0 radical (unpaired) electrons. The van der Waals surface area contributed by atoms with Gasteiger partial charge in [0, 0.05) is 12.1 Å². The third kappa shape index (κ3) is 4.15. The van der Waals surface area contributed by atoms with Gasteiger partial charge in [0.15, 0.2) is 28.1 Å². The maximum absolute atomic E-state index is 13.3. The molecule has 1 heterocycles. The highest BCUT2D eigenvalue weighted by Crippen LogP contribution is 2.32. The lowest BCUT2D eigenvalue weighted by atomic mass is 10.2. The molecule has 2 aliphatic rings. The van der Waals surface area contributed by atoms with Crippen LogP contribution in [-0.2, 0) is 19.4 Å². The van der Waals surface area contributed by atoms with E-state index in [0.29, 0.717) is 18.6 Å². The van der Waals surface area contributed by atoms with Gasteiger partial charge in [-0.1, -0.05) is 11.6 Å². The van der Waals surface area contributed by atoms with E-state index in [-0.39, 0.29) is 28.1 Å². The van der Waals surface area contributed by atoms with Gasteiger partial charge in [0.25, 0.3) is 5.91 Å². The Balaban J connectivity index is 1.65. The molecule has 1 saturated carbocycles. The normalized spacial score (nSPS) is 21.4. The smallest absolute Gasteiger partial charge is 0.340 e. The first-order valence-electron chi connectivity index (χ1n) is 8.01. The van der Waals surface area contributed by atoms with E-state index in [9.17, 15) is 26.8 Å². The topological polar surface area (TPSA) is 80.8 Å². The third-order valence-electron chi connectivity index (χ3n) is 4.39. The first-order chi connectivity index (χ1) is 12.2. The van der Waals surface area contributed by atoms with Crippen LogP contribution in [0.15, 0.2) is 12.1 Å². The monoisotopic (exact) mass is 407 g/mol. The Morgan fingerprint density at radius 2 is 1.81 bits per heavy atom. The zero-order valence-corrected chi connectivity index (χ0v) is 15.2. The predicted octanol–water partition coefficient (Wildman–Crippen LogP) is 1.95.